The van der Waals surface area contributed by atoms with Crippen LogP contribution >= 0.6 is 0 Å². The summed E-state index contributed by atoms with van der Waals surface area (Å²) >= 11 is 0. The van der Waals surface area contributed by atoms with Crippen LogP contribution in [0.2, 0.25) is 0 Å². The lowest BCUT2D eigenvalue weighted by Gasteiger charge is -2.08. The van der Waals surface area contributed by atoms with Crippen molar-refractivity contribution in [2.24, 2.45) is 18.7 Å². The maximum atomic E-state index is 11.7. The number of rotatable bonds is 6. The van der Waals surface area contributed by atoms with Crippen LogP contribution in [0.5, 0.6) is 0 Å². The third-order valence-electron chi connectivity index (χ3n) is 2.40. The first kappa shape index (κ1) is 13.2. The average molecular weight is 245 g/mol. The Kier molecular flexibility index (Phi) is 4.49. The summed E-state index contributed by atoms with van der Waals surface area (Å²) in [6, 6.07) is 0. The Morgan fingerprint density at radius 1 is 1.56 bits per heavy atom. The van der Waals surface area contributed by atoms with Crippen LogP contribution in [0.4, 0.5) is 0 Å². The molecule has 0 aliphatic heterocycles. The van der Waals surface area contributed by atoms with E-state index in [2.05, 4.69) is 5.10 Å². The largest absolute Gasteiger partial charge is 0.330 e. The second-order valence-electron chi connectivity index (χ2n) is 4.23. The second-order valence-corrected chi connectivity index (χ2v) is 6.46. The van der Waals surface area contributed by atoms with Gasteiger partial charge in [0.25, 0.3) is 0 Å². The molecule has 16 heavy (non-hydrogen) atoms. The van der Waals surface area contributed by atoms with Gasteiger partial charge in [-0.15, -0.1) is 0 Å². The van der Waals surface area contributed by atoms with Crippen molar-refractivity contribution >= 4 is 9.84 Å². The Morgan fingerprint density at radius 2 is 2.25 bits per heavy atom. The minimum atomic E-state index is -3.00. The van der Waals surface area contributed by atoms with Gasteiger partial charge in [0.15, 0.2) is 9.84 Å². The highest BCUT2D eigenvalue weighted by Gasteiger charge is 2.15. The molecule has 0 saturated carbocycles. The Labute approximate surface area is 96.6 Å². The average Bonchev–Trinajstić information content (AvgIpc) is 2.61. The van der Waals surface area contributed by atoms with E-state index in [1.807, 2.05) is 20.2 Å². The number of nitrogens with two attached hydrogens (primary N) is 1. The summed E-state index contributed by atoms with van der Waals surface area (Å²) < 4.78 is 25.1. The maximum Gasteiger partial charge on any atom is 0.150 e. The Morgan fingerprint density at radius 3 is 2.75 bits per heavy atom. The SMILES string of the molecule is CC(CN)CS(=O)(=O)CCc1cnn(C)c1. The molecule has 1 aromatic rings. The highest BCUT2D eigenvalue weighted by Crippen LogP contribution is 2.05. The number of hydrogen-bond acceptors (Lipinski definition) is 4. The van der Waals surface area contributed by atoms with E-state index in [9.17, 15) is 8.42 Å². The first-order valence-corrected chi connectivity index (χ1v) is 7.13. The zero-order valence-electron chi connectivity index (χ0n) is 9.76. The molecule has 0 saturated heterocycles. The molecule has 6 heteroatoms. The lowest BCUT2D eigenvalue weighted by atomic mass is 10.2. The molecule has 92 valence electrons. The zero-order valence-corrected chi connectivity index (χ0v) is 10.6. The molecular formula is C10H19N3O2S. The highest BCUT2D eigenvalue weighted by atomic mass is 32.2. The predicted molar refractivity (Wildman–Crippen MR) is 63.8 cm³/mol. The molecule has 0 aliphatic rings. The Hall–Kier alpha value is -0.880. The van der Waals surface area contributed by atoms with Crippen molar-refractivity contribution in [2.45, 2.75) is 13.3 Å². The molecule has 1 heterocycles. The quantitative estimate of drug-likeness (QED) is 0.763. The molecule has 1 aromatic heterocycles. The molecule has 0 fully saturated rings. The number of aromatic nitrogens is 2. The Balaban J connectivity index is 2.48. The standard InChI is InChI=1S/C10H19N3O2S/c1-9(5-11)8-16(14,15)4-3-10-6-12-13(2)7-10/h6-7,9H,3-5,8,11H2,1-2H3. The molecule has 0 spiro atoms. The minimum Gasteiger partial charge on any atom is -0.330 e. The van der Waals surface area contributed by atoms with Crippen molar-refractivity contribution in [3.05, 3.63) is 18.0 Å². The third kappa shape index (κ3) is 4.32. The van der Waals surface area contributed by atoms with Gasteiger partial charge >= 0.3 is 0 Å². The monoisotopic (exact) mass is 245 g/mol. The predicted octanol–water partition coefficient (Wildman–Crippen LogP) is -0.0278. The number of sulfone groups is 1. The second kappa shape index (κ2) is 5.45. The van der Waals surface area contributed by atoms with Crippen LogP contribution in [0.15, 0.2) is 12.4 Å². The molecule has 1 rings (SSSR count). The summed E-state index contributed by atoms with van der Waals surface area (Å²) in [5.74, 6) is 0.367. The zero-order chi connectivity index (χ0) is 12.2. The molecule has 1 unspecified atom stereocenters. The summed E-state index contributed by atoms with van der Waals surface area (Å²) in [6.07, 6.45) is 4.05. The van der Waals surface area contributed by atoms with Crippen LogP contribution in [0.1, 0.15) is 12.5 Å². The van der Waals surface area contributed by atoms with Crippen LogP contribution in [0, 0.1) is 5.92 Å². The van der Waals surface area contributed by atoms with Crippen LogP contribution in [0.25, 0.3) is 0 Å². The first-order chi connectivity index (χ1) is 7.43. The first-order valence-electron chi connectivity index (χ1n) is 5.31. The van der Waals surface area contributed by atoms with Crippen molar-refractivity contribution in [1.82, 2.24) is 9.78 Å². The van der Waals surface area contributed by atoms with Crippen LogP contribution in [0.3, 0.4) is 0 Å². The van der Waals surface area contributed by atoms with Crippen molar-refractivity contribution in [1.29, 1.82) is 0 Å². The van der Waals surface area contributed by atoms with E-state index >= 15 is 0 Å². The normalized spacial score (nSPS) is 13.9. The summed E-state index contributed by atoms with van der Waals surface area (Å²) in [4.78, 5) is 0. The smallest absolute Gasteiger partial charge is 0.150 e. The summed E-state index contributed by atoms with van der Waals surface area (Å²) in [7, 11) is -1.18. The number of nitrogens with zero attached hydrogens (tertiary/aromatic N) is 2. The van der Waals surface area contributed by atoms with Gasteiger partial charge in [-0.05, 0) is 24.4 Å². The fourth-order valence-corrected chi connectivity index (χ4v) is 3.18. The van der Waals surface area contributed by atoms with Gasteiger partial charge in [-0.1, -0.05) is 6.92 Å². The van der Waals surface area contributed by atoms with Gasteiger partial charge in [-0.25, -0.2) is 8.42 Å². The molecule has 2 N–H and O–H groups in total. The van der Waals surface area contributed by atoms with E-state index in [1.165, 1.54) is 0 Å². The molecule has 0 aliphatic carbocycles. The molecular weight excluding hydrogens is 226 g/mol. The molecule has 5 nitrogen and oxygen atoms in total. The summed E-state index contributed by atoms with van der Waals surface area (Å²) in [5, 5.41) is 4.00. The van der Waals surface area contributed by atoms with Gasteiger partial charge in [0.1, 0.15) is 0 Å². The third-order valence-corrected chi connectivity index (χ3v) is 4.30. The van der Waals surface area contributed by atoms with Gasteiger partial charge < -0.3 is 5.73 Å². The lowest BCUT2D eigenvalue weighted by molar-refractivity contribution is 0.573. The Bertz CT molecular complexity index is 425. The van der Waals surface area contributed by atoms with Crippen LogP contribution in [-0.2, 0) is 23.3 Å². The van der Waals surface area contributed by atoms with Gasteiger partial charge in [0.2, 0.25) is 0 Å². The number of hydrogen-bond donors (Lipinski definition) is 1. The van der Waals surface area contributed by atoms with Crippen molar-refractivity contribution in [2.75, 3.05) is 18.1 Å². The molecule has 0 aromatic carbocycles. The number of aryl methyl sites for hydroxylation is 2. The van der Waals surface area contributed by atoms with E-state index < -0.39 is 9.84 Å². The van der Waals surface area contributed by atoms with Gasteiger partial charge in [0.05, 0.1) is 17.7 Å². The van der Waals surface area contributed by atoms with Crippen LogP contribution < -0.4 is 5.73 Å². The van der Waals surface area contributed by atoms with Crippen LogP contribution in [-0.4, -0.2) is 36.2 Å². The van der Waals surface area contributed by atoms with E-state index in [0.29, 0.717) is 13.0 Å². The lowest BCUT2D eigenvalue weighted by Crippen LogP contribution is -2.23. The van der Waals surface area contributed by atoms with E-state index in [1.54, 1.807) is 10.9 Å². The summed E-state index contributed by atoms with van der Waals surface area (Å²) in [6.45, 7) is 2.26. The maximum absolute atomic E-state index is 11.7. The fourth-order valence-electron chi connectivity index (χ4n) is 1.46. The van der Waals surface area contributed by atoms with Gasteiger partial charge in [-0.2, -0.15) is 5.10 Å². The van der Waals surface area contributed by atoms with Gasteiger partial charge in [0, 0.05) is 13.2 Å². The molecule has 1 atom stereocenters. The summed E-state index contributed by atoms with van der Waals surface area (Å²) in [5.41, 5.74) is 6.36. The van der Waals surface area contributed by atoms with E-state index in [-0.39, 0.29) is 17.4 Å². The minimum absolute atomic E-state index is 0.0268. The van der Waals surface area contributed by atoms with Crippen molar-refractivity contribution < 1.29 is 8.42 Å². The molecule has 0 radical (unpaired) electrons. The van der Waals surface area contributed by atoms with Crippen molar-refractivity contribution in [3.63, 3.8) is 0 Å². The van der Waals surface area contributed by atoms with Gasteiger partial charge in [-0.3, -0.25) is 4.68 Å². The fraction of sp³-hybridized carbons (Fsp3) is 0.700. The van der Waals surface area contributed by atoms with E-state index in [0.717, 1.165) is 5.56 Å². The topological polar surface area (TPSA) is 78.0 Å². The highest BCUT2D eigenvalue weighted by molar-refractivity contribution is 7.91. The van der Waals surface area contributed by atoms with Crippen molar-refractivity contribution in [3.8, 4) is 0 Å². The molecule has 0 bridgehead atoms. The molecule has 0 amide bonds. The van der Waals surface area contributed by atoms with E-state index in [4.69, 9.17) is 5.73 Å².